The van der Waals surface area contributed by atoms with Crippen LogP contribution in [0, 0.1) is 5.82 Å². The van der Waals surface area contributed by atoms with Crippen molar-refractivity contribution in [3.63, 3.8) is 0 Å². The lowest BCUT2D eigenvalue weighted by Gasteiger charge is -2.07. The zero-order chi connectivity index (χ0) is 11.0. The molecule has 80 valence electrons. The lowest BCUT2D eigenvalue weighted by Crippen LogP contribution is -2.22. The summed E-state index contributed by atoms with van der Waals surface area (Å²) in [6.07, 6.45) is -0.374. The number of hydrogen-bond acceptors (Lipinski definition) is 2. The zero-order valence-corrected chi connectivity index (χ0v) is 8.55. The minimum atomic E-state index is -0.834. The van der Waals surface area contributed by atoms with E-state index in [1.54, 1.807) is 6.07 Å². The van der Waals surface area contributed by atoms with Gasteiger partial charge >= 0.3 is 6.09 Å². The normalized spacial score (nSPS) is 18.7. The van der Waals surface area contributed by atoms with E-state index in [4.69, 9.17) is 22.1 Å². The van der Waals surface area contributed by atoms with Crippen molar-refractivity contribution in [2.75, 3.05) is 0 Å². The molecule has 1 atom stereocenters. The van der Waals surface area contributed by atoms with Crippen molar-refractivity contribution in [1.82, 2.24) is 0 Å². The van der Waals surface area contributed by atoms with Gasteiger partial charge in [-0.15, -0.1) is 0 Å². The molecule has 1 aliphatic carbocycles. The monoisotopic (exact) mass is 229 g/mol. The number of nitrogens with two attached hydrogens (primary N) is 1. The van der Waals surface area contributed by atoms with E-state index in [0.29, 0.717) is 23.4 Å². The molecule has 0 bridgehead atoms. The van der Waals surface area contributed by atoms with E-state index in [0.717, 1.165) is 5.56 Å². The molecule has 5 heteroatoms. The van der Waals surface area contributed by atoms with E-state index in [1.165, 1.54) is 6.07 Å². The second-order valence-electron chi connectivity index (χ2n) is 3.49. The number of carbonyl (C=O) groups is 1. The van der Waals surface area contributed by atoms with Crippen LogP contribution >= 0.6 is 11.6 Å². The fraction of sp³-hybridized carbons (Fsp3) is 0.300. The van der Waals surface area contributed by atoms with Gasteiger partial charge in [0, 0.05) is 17.9 Å². The van der Waals surface area contributed by atoms with Crippen LogP contribution in [-0.2, 0) is 17.6 Å². The molecule has 1 unspecified atom stereocenters. The summed E-state index contributed by atoms with van der Waals surface area (Å²) < 4.78 is 18.2. The zero-order valence-electron chi connectivity index (χ0n) is 7.80. The van der Waals surface area contributed by atoms with Gasteiger partial charge in [0.1, 0.15) is 11.9 Å². The molecule has 1 amide bonds. The van der Waals surface area contributed by atoms with E-state index in [2.05, 4.69) is 0 Å². The second kappa shape index (κ2) is 3.70. The van der Waals surface area contributed by atoms with E-state index >= 15 is 0 Å². The summed E-state index contributed by atoms with van der Waals surface area (Å²) in [5.41, 5.74) is 6.24. The van der Waals surface area contributed by atoms with Crippen molar-refractivity contribution >= 4 is 17.7 Å². The molecule has 0 radical (unpaired) electrons. The molecule has 2 N–H and O–H groups in total. The summed E-state index contributed by atoms with van der Waals surface area (Å²) in [7, 11) is 0. The molecule has 15 heavy (non-hydrogen) atoms. The Morgan fingerprint density at radius 1 is 1.53 bits per heavy atom. The fourth-order valence-electron chi connectivity index (χ4n) is 1.86. The number of amides is 1. The highest BCUT2D eigenvalue weighted by atomic mass is 35.5. The summed E-state index contributed by atoms with van der Waals surface area (Å²) in [6, 6.07) is 2.94. The first-order chi connectivity index (χ1) is 7.06. The van der Waals surface area contributed by atoms with Gasteiger partial charge in [0.2, 0.25) is 0 Å². The average molecular weight is 230 g/mol. The number of fused-ring (bicyclic) bond motifs is 1. The van der Waals surface area contributed by atoms with Gasteiger partial charge in [-0.1, -0.05) is 11.6 Å². The smallest absolute Gasteiger partial charge is 0.404 e. The molecule has 0 aliphatic heterocycles. The number of ether oxygens (including phenoxy) is 1. The lowest BCUT2D eigenvalue weighted by molar-refractivity contribution is 0.112. The number of primary amides is 1. The van der Waals surface area contributed by atoms with Gasteiger partial charge in [-0.2, -0.15) is 0 Å². The molecule has 0 heterocycles. The summed E-state index contributed by atoms with van der Waals surface area (Å²) >= 11 is 5.71. The van der Waals surface area contributed by atoms with Crippen molar-refractivity contribution in [3.05, 3.63) is 34.1 Å². The van der Waals surface area contributed by atoms with Crippen LogP contribution in [0.3, 0.4) is 0 Å². The Morgan fingerprint density at radius 3 is 2.93 bits per heavy atom. The average Bonchev–Trinajstić information content (AvgIpc) is 2.45. The molecule has 1 aliphatic rings. The maximum atomic E-state index is 13.4. The van der Waals surface area contributed by atoms with Crippen molar-refractivity contribution < 1.29 is 13.9 Å². The predicted octanol–water partition coefficient (Wildman–Crippen LogP) is 2.04. The summed E-state index contributed by atoms with van der Waals surface area (Å²) in [4.78, 5) is 10.5. The maximum absolute atomic E-state index is 13.4. The number of carbonyl (C=O) groups excluding carboxylic acids is 1. The Labute approximate surface area is 91.0 Å². The Kier molecular flexibility index (Phi) is 2.52. The summed E-state index contributed by atoms with van der Waals surface area (Å²) in [6.45, 7) is 0. The van der Waals surface area contributed by atoms with Crippen LogP contribution in [0.25, 0.3) is 0 Å². The van der Waals surface area contributed by atoms with Crippen LogP contribution in [0.1, 0.15) is 11.1 Å². The SMILES string of the molecule is NC(=O)OC1Cc2cc(Cl)cc(F)c2C1. The van der Waals surface area contributed by atoms with Gasteiger partial charge in [-0.3, -0.25) is 0 Å². The number of halogens is 2. The Balaban J connectivity index is 2.23. The highest BCUT2D eigenvalue weighted by Crippen LogP contribution is 2.29. The first kappa shape index (κ1) is 10.2. The third-order valence-corrected chi connectivity index (χ3v) is 2.63. The van der Waals surface area contributed by atoms with Gasteiger partial charge in [-0.05, 0) is 23.3 Å². The fourth-order valence-corrected chi connectivity index (χ4v) is 2.09. The van der Waals surface area contributed by atoms with Crippen LogP contribution in [0.5, 0.6) is 0 Å². The molecule has 2 rings (SSSR count). The molecule has 0 fully saturated rings. The Hall–Kier alpha value is -1.29. The van der Waals surface area contributed by atoms with Gasteiger partial charge in [0.05, 0.1) is 0 Å². The van der Waals surface area contributed by atoms with E-state index < -0.39 is 6.09 Å². The maximum Gasteiger partial charge on any atom is 0.404 e. The van der Waals surface area contributed by atoms with Gasteiger partial charge in [0.25, 0.3) is 0 Å². The highest BCUT2D eigenvalue weighted by Gasteiger charge is 2.26. The largest absolute Gasteiger partial charge is 0.446 e. The minimum absolute atomic E-state index is 0.353. The Bertz CT molecular complexity index is 422. The topological polar surface area (TPSA) is 52.3 Å². The molecular formula is C10H9ClFNO2. The third-order valence-electron chi connectivity index (χ3n) is 2.41. The molecule has 1 aromatic carbocycles. The van der Waals surface area contributed by atoms with Crippen molar-refractivity contribution in [3.8, 4) is 0 Å². The third kappa shape index (κ3) is 2.04. The molecule has 3 nitrogen and oxygen atoms in total. The lowest BCUT2D eigenvalue weighted by atomic mass is 10.1. The predicted molar refractivity (Wildman–Crippen MR) is 53.3 cm³/mol. The second-order valence-corrected chi connectivity index (χ2v) is 3.93. The van der Waals surface area contributed by atoms with Crippen LogP contribution in [0.4, 0.5) is 9.18 Å². The minimum Gasteiger partial charge on any atom is -0.446 e. The van der Waals surface area contributed by atoms with E-state index in [9.17, 15) is 9.18 Å². The molecule has 0 aromatic heterocycles. The molecule has 1 aromatic rings. The highest BCUT2D eigenvalue weighted by molar-refractivity contribution is 6.30. The molecule has 0 saturated carbocycles. The number of hydrogen-bond donors (Lipinski definition) is 1. The summed E-state index contributed by atoms with van der Waals surface area (Å²) in [5, 5.41) is 0.353. The van der Waals surface area contributed by atoms with Crippen molar-refractivity contribution in [2.24, 2.45) is 5.73 Å². The van der Waals surface area contributed by atoms with Crippen LogP contribution in [0.15, 0.2) is 12.1 Å². The standard InChI is InChI=1S/C10H9ClFNO2/c11-6-1-5-2-7(15-10(13)14)4-8(5)9(12)3-6/h1,3,7H,2,4H2,(H2,13,14). The first-order valence-corrected chi connectivity index (χ1v) is 4.87. The van der Waals surface area contributed by atoms with E-state index in [-0.39, 0.29) is 11.9 Å². The first-order valence-electron chi connectivity index (χ1n) is 4.49. The van der Waals surface area contributed by atoms with Crippen LogP contribution in [0.2, 0.25) is 5.02 Å². The molecular weight excluding hydrogens is 221 g/mol. The van der Waals surface area contributed by atoms with Crippen LogP contribution < -0.4 is 5.73 Å². The van der Waals surface area contributed by atoms with Gasteiger partial charge in [-0.25, -0.2) is 9.18 Å². The Morgan fingerprint density at radius 2 is 2.27 bits per heavy atom. The van der Waals surface area contributed by atoms with Crippen molar-refractivity contribution in [2.45, 2.75) is 18.9 Å². The molecule has 0 saturated heterocycles. The van der Waals surface area contributed by atoms with Crippen molar-refractivity contribution in [1.29, 1.82) is 0 Å². The quantitative estimate of drug-likeness (QED) is 0.801. The van der Waals surface area contributed by atoms with E-state index in [1.807, 2.05) is 0 Å². The molecule has 0 spiro atoms. The summed E-state index contributed by atoms with van der Waals surface area (Å²) in [5.74, 6) is -0.354. The van der Waals surface area contributed by atoms with Gasteiger partial charge in [0.15, 0.2) is 0 Å². The number of rotatable bonds is 1. The van der Waals surface area contributed by atoms with Gasteiger partial charge < -0.3 is 10.5 Å². The number of benzene rings is 1. The van der Waals surface area contributed by atoms with Crippen LogP contribution in [-0.4, -0.2) is 12.2 Å².